The summed E-state index contributed by atoms with van der Waals surface area (Å²) in [5.74, 6) is -2.85. The number of primary amides is 1. The van der Waals surface area contributed by atoms with Gasteiger partial charge in [-0.2, -0.15) is 0 Å². The number of amides is 2. The summed E-state index contributed by atoms with van der Waals surface area (Å²) < 4.78 is 26.3. The maximum atomic E-state index is 13.3. The third kappa shape index (κ3) is 4.15. The molecule has 0 spiro atoms. The van der Waals surface area contributed by atoms with Gasteiger partial charge in [-0.05, 0) is 43.0 Å². The number of rotatable bonds is 6. The predicted molar refractivity (Wildman–Crippen MR) is 88.8 cm³/mol. The molecule has 2 atom stereocenters. The minimum atomic E-state index is -0.942. The smallest absolute Gasteiger partial charge is 0.251 e. The molecule has 1 aromatic carbocycles. The number of hydrogen-bond acceptors (Lipinski definition) is 4. The van der Waals surface area contributed by atoms with Crippen LogP contribution < -0.4 is 16.4 Å². The van der Waals surface area contributed by atoms with Crippen molar-refractivity contribution in [1.29, 1.82) is 0 Å². The second-order valence-corrected chi connectivity index (χ2v) is 6.22. The number of anilines is 1. The molecular formula is C16H17F2N3O2S. The Hall–Kier alpha value is -2.32. The highest BCUT2D eigenvalue weighted by Crippen LogP contribution is 2.23. The number of thiophene rings is 1. The molecule has 0 saturated carbocycles. The van der Waals surface area contributed by atoms with Gasteiger partial charge in [0.1, 0.15) is 5.00 Å². The summed E-state index contributed by atoms with van der Waals surface area (Å²) >= 11 is 1.19. The van der Waals surface area contributed by atoms with Gasteiger partial charge in [0, 0.05) is 6.04 Å². The molecule has 0 unspecified atom stereocenters. The van der Waals surface area contributed by atoms with Gasteiger partial charge >= 0.3 is 0 Å². The summed E-state index contributed by atoms with van der Waals surface area (Å²) in [5.41, 5.74) is 5.99. The largest absolute Gasteiger partial charge is 0.366 e. The van der Waals surface area contributed by atoms with Gasteiger partial charge in [-0.1, -0.05) is 6.07 Å². The van der Waals surface area contributed by atoms with Crippen LogP contribution in [0.3, 0.4) is 0 Å². The molecule has 24 heavy (non-hydrogen) atoms. The molecule has 2 amide bonds. The van der Waals surface area contributed by atoms with Crippen LogP contribution in [-0.4, -0.2) is 17.9 Å². The molecule has 5 nitrogen and oxygen atoms in total. The van der Waals surface area contributed by atoms with Crippen molar-refractivity contribution in [3.05, 3.63) is 52.4 Å². The van der Waals surface area contributed by atoms with Crippen LogP contribution in [0.4, 0.5) is 13.8 Å². The van der Waals surface area contributed by atoms with Crippen molar-refractivity contribution in [3.63, 3.8) is 0 Å². The summed E-state index contributed by atoms with van der Waals surface area (Å²) in [4.78, 5) is 23.5. The Kier molecular flexibility index (Phi) is 5.63. The summed E-state index contributed by atoms with van der Waals surface area (Å²) in [7, 11) is 0. The van der Waals surface area contributed by atoms with E-state index in [2.05, 4.69) is 10.6 Å². The molecule has 1 aromatic heterocycles. The Labute approximate surface area is 141 Å². The molecule has 4 N–H and O–H groups in total. The van der Waals surface area contributed by atoms with Crippen molar-refractivity contribution in [2.75, 3.05) is 5.32 Å². The topological polar surface area (TPSA) is 84.2 Å². The molecule has 8 heteroatoms. The maximum Gasteiger partial charge on any atom is 0.251 e. The fourth-order valence-corrected chi connectivity index (χ4v) is 2.94. The highest BCUT2D eigenvalue weighted by atomic mass is 32.1. The number of hydrogen-bond donors (Lipinski definition) is 3. The molecular weight excluding hydrogens is 336 g/mol. The molecule has 0 aliphatic carbocycles. The first-order chi connectivity index (χ1) is 11.3. The number of nitrogens with one attached hydrogen (secondary N) is 2. The zero-order valence-electron chi connectivity index (χ0n) is 13.1. The molecule has 0 aliphatic rings. The van der Waals surface area contributed by atoms with Crippen molar-refractivity contribution >= 4 is 28.2 Å². The quantitative estimate of drug-likeness (QED) is 0.747. The van der Waals surface area contributed by atoms with E-state index >= 15 is 0 Å². The number of nitrogens with two attached hydrogens (primary N) is 1. The van der Waals surface area contributed by atoms with Gasteiger partial charge in [-0.25, -0.2) is 8.78 Å². The van der Waals surface area contributed by atoms with Gasteiger partial charge in [0.15, 0.2) is 11.6 Å². The second kappa shape index (κ2) is 7.50. The van der Waals surface area contributed by atoms with Crippen LogP contribution in [0.15, 0.2) is 29.6 Å². The highest BCUT2D eigenvalue weighted by Gasteiger charge is 2.19. The van der Waals surface area contributed by atoms with Gasteiger partial charge in [0.25, 0.3) is 5.91 Å². The molecule has 128 valence electrons. The van der Waals surface area contributed by atoms with E-state index in [4.69, 9.17) is 5.73 Å². The van der Waals surface area contributed by atoms with Crippen LogP contribution in [0.2, 0.25) is 0 Å². The zero-order valence-corrected chi connectivity index (χ0v) is 13.9. The minimum Gasteiger partial charge on any atom is -0.366 e. The van der Waals surface area contributed by atoms with Gasteiger partial charge in [-0.15, -0.1) is 11.3 Å². The summed E-state index contributed by atoms with van der Waals surface area (Å²) in [5, 5.41) is 7.65. The Morgan fingerprint density at radius 3 is 2.50 bits per heavy atom. The van der Waals surface area contributed by atoms with E-state index in [1.165, 1.54) is 23.5 Å². The number of benzene rings is 1. The third-order valence-electron chi connectivity index (χ3n) is 3.50. The van der Waals surface area contributed by atoms with Crippen LogP contribution in [0.1, 0.15) is 35.8 Å². The molecule has 0 radical (unpaired) electrons. The van der Waals surface area contributed by atoms with Crippen LogP contribution in [-0.2, 0) is 4.79 Å². The third-order valence-corrected chi connectivity index (χ3v) is 4.33. The molecule has 2 aromatic rings. The van der Waals surface area contributed by atoms with E-state index in [-0.39, 0.29) is 17.5 Å². The fourth-order valence-electron chi connectivity index (χ4n) is 2.15. The standard InChI is InChI=1S/C16H17F2N3O2S/c1-8(10-3-4-12(17)13(18)7-10)20-9(2)15(23)21-16-11(14(19)22)5-6-24-16/h3-9,20H,1-2H3,(H2,19,22)(H,21,23)/t8-,9-/m0/s1. The Morgan fingerprint density at radius 2 is 1.88 bits per heavy atom. The Bertz CT molecular complexity index is 764. The first kappa shape index (κ1) is 18.0. The molecule has 1 heterocycles. The van der Waals surface area contributed by atoms with Gasteiger partial charge < -0.3 is 11.1 Å². The lowest BCUT2D eigenvalue weighted by molar-refractivity contribution is -0.117. The molecule has 0 bridgehead atoms. The van der Waals surface area contributed by atoms with E-state index in [9.17, 15) is 18.4 Å². The van der Waals surface area contributed by atoms with Crippen molar-refractivity contribution in [1.82, 2.24) is 5.32 Å². The van der Waals surface area contributed by atoms with Crippen molar-refractivity contribution in [2.45, 2.75) is 25.9 Å². The molecule has 2 rings (SSSR count). The minimum absolute atomic E-state index is 0.245. The van der Waals surface area contributed by atoms with Crippen molar-refractivity contribution in [2.24, 2.45) is 5.73 Å². The fraction of sp³-hybridized carbons (Fsp3) is 0.250. The van der Waals surface area contributed by atoms with Gasteiger partial charge in [0.05, 0.1) is 11.6 Å². The molecule has 0 aliphatic heterocycles. The summed E-state index contributed by atoms with van der Waals surface area (Å²) in [6.07, 6.45) is 0. The highest BCUT2D eigenvalue weighted by molar-refractivity contribution is 7.14. The zero-order chi connectivity index (χ0) is 17.9. The SMILES string of the molecule is C[C@H](N[C@@H](C)c1ccc(F)c(F)c1)C(=O)Nc1sccc1C(N)=O. The van der Waals surface area contributed by atoms with Gasteiger partial charge in [0.2, 0.25) is 5.91 Å². The average Bonchev–Trinajstić information content (AvgIpc) is 2.98. The lowest BCUT2D eigenvalue weighted by Crippen LogP contribution is -2.39. The first-order valence-electron chi connectivity index (χ1n) is 7.18. The molecule has 0 saturated heterocycles. The van der Waals surface area contributed by atoms with E-state index in [0.29, 0.717) is 10.6 Å². The number of halogens is 2. The van der Waals surface area contributed by atoms with Crippen LogP contribution in [0.25, 0.3) is 0 Å². The monoisotopic (exact) mass is 353 g/mol. The summed E-state index contributed by atoms with van der Waals surface area (Å²) in [6, 6.07) is 4.10. The average molecular weight is 353 g/mol. The van der Waals surface area contributed by atoms with Crippen LogP contribution >= 0.6 is 11.3 Å². The Balaban J connectivity index is 2.01. The van der Waals surface area contributed by atoms with E-state index in [1.54, 1.807) is 19.2 Å². The number of carbonyl (C=O) groups is 2. The van der Waals surface area contributed by atoms with E-state index < -0.39 is 23.6 Å². The van der Waals surface area contributed by atoms with Crippen LogP contribution in [0, 0.1) is 11.6 Å². The van der Waals surface area contributed by atoms with E-state index in [0.717, 1.165) is 12.1 Å². The maximum absolute atomic E-state index is 13.3. The molecule has 0 fully saturated rings. The lowest BCUT2D eigenvalue weighted by Gasteiger charge is -2.20. The first-order valence-corrected chi connectivity index (χ1v) is 8.06. The van der Waals surface area contributed by atoms with Crippen molar-refractivity contribution < 1.29 is 18.4 Å². The normalized spacial score (nSPS) is 13.3. The van der Waals surface area contributed by atoms with Crippen molar-refractivity contribution in [3.8, 4) is 0 Å². The lowest BCUT2D eigenvalue weighted by atomic mass is 10.1. The van der Waals surface area contributed by atoms with E-state index in [1.807, 2.05) is 0 Å². The van der Waals surface area contributed by atoms with Gasteiger partial charge in [-0.3, -0.25) is 14.9 Å². The van der Waals surface area contributed by atoms with Crippen LogP contribution in [0.5, 0.6) is 0 Å². The predicted octanol–water partition coefficient (Wildman–Crippen LogP) is 2.80. The summed E-state index contributed by atoms with van der Waals surface area (Å²) in [6.45, 7) is 3.36. The Morgan fingerprint density at radius 1 is 1.17 bits per heavy atom. The second-order valence-electron chi connectivity index (χ2n) is 5.30. The number of carbonyl (C=O) groups excluding carboxylic acids is 2.